The minimum Gasteiger partial charge on any atom is -0.387 e. The van der Waals surface area contributed by atoms with Gasteiger partial charge in [-0.15, -0.1) is 13.2 Å². The van der Waals surface area contributed by atoms with Gasteiger partial charge in [0.1, 0.15) is 6.33 Å². The van der Waals surface area contributed by atoms with E-state index in [1.54, 1.807) is 24.3 Å². The van der Waals surface area contributed by atoms with Gasteiger partial charge < -0.3 is 4.74 Å². The molecule has 94 valence electrons. The summed E-state index contributed by atoms with van der Waals surface area (Å²) in [6, 6.07) is 6.23. The first-order valence-corrected chi connectivity index (χ1v) is 5.15. The molecule has 0 aliphatic rings. The molecule has 1 aromatic carbocycles. The van der Waals surface area contributed by atoms with Gasteiger partial charge in [0.15, 0.2) is 0 Å². The average molecular weight is 275 g/mol. The van der Waals surface area contributed by atoms with Crippen molar-refractivity contribution in [2.75, 3.05) is 0 Å². The zero-order valence-corrected chi connectivity index (χ0v) is 9.53. The second-order valence-corrected chi connectivity index (χ2v) is 3.73. The van der Waals surface area contributed by atoms with E-state index in [0.29, 0.717) is 10.6 Å². The smallest absolute Gasteiger partial charge is 0.387 e. The van der Waals surface area contributed by atoms with Crippen molar-refractivity contribution in [2.24, 2.45) is 0 Å². The van der Waals surface area contributed by atoms with Gasteiger partial charge in [-0.3, -0.25) is 0 Å². The van der Waals surface area contributed by atoms with E-state index in [-0.39, 0.29) is 5.56 Å². The van der Waals surface area contributed by atoms with Crippen molar-refractivity contribution >= 4 is 11.6 Å². The second kappa shape index (κ2) is 4.81. The van der Waals surface area contributed by atoms with Crippen molar-refractivity contribution in [3.63, 3.8) is 0 Å². The molecule has 1 aromatic heterocycles. The molecular weight excluding hydrogens is 269 g/mol. The maximum absolute atomic E-state index is 12.2. The molecule has 0 saturated carbocycles. The molecule has 0 fully saturated rings. The number of nitrogens with zero attached hydrogens (tertiary/aromatic N) is 2. The van der Waals surface area contributed by atoms with E-state index < -0.39 is 12.2 Å². The Morgan fingerprint density at radius 1 is 1.11 bits per heavy atom. The highest BCUT2D eigenvalue weighted by Crippen LogP contribution is 2.31. The van der Waals surface area contributed by atoms with E-state index in [9.17, 15) is 13.2 Å². The summed E-state index contributed by atoms with van der Waals surface area (Å²) < 4.78 is 40.4. The number of alkyl halides is 3. The van der Waals surface area contributed by atoms with Crippen molar-refractivity contribution in [1.29, 1.82) is 0 Å². The van der Waals surface area contributed by atoms with Crippen LogP contribution in [0, 0.1) is 0 Å². The monoisotopic (exact) mass is 274 g/mol. The standard InChI is InChI=1S/C11H6ClF3N2O/c12-8-3-1-7(2-4-8)9-5-16-6-17-10(9)18-11(13,14)15/h1-6H. The highest BCUT2D eigenvalue weighted by atomic mass is 35.5. The van der Waals surface area contributed by atoms with Gasteiger partial charge in [-0.2, -0.15) is 0 Å². The van der Waals surface area contributed by atoms with Crippen LogP contribution in [0.5, 0.6) is 5.88 Å². The van der Waals surface area contributed by atoms with Crippen LogP contribution in [0.2, 0.25) is 5.02 Å². The van der Waals surface area contributed by atoms with Gasteiger partial charge in [0, 0.05) is 11.2 Å². The topological polar surface area (TPSA) is 35.0 Å². The lowest BCUT2D eigenvalue weighted by atomic mass is 10.1. The van der Waals surface area contributed by atoms with E-state index in [1.165, 1.54) is 6.20 Å². The predicted octanol–water partition coefficient (Wildman–Crippen LogP) is 3.70. The maximum atomic E-state index is 12.2. The van der Waals surface area contributed by atoms with E-state index in [0.717, 1.165) is 6.33 Å². The van der Waals surface area contributed by atoms with Crippen LogP contribution in [0.3, 0.4) is 0 Å². The Morgan fingerprint density at radius 2 is 1.78 bits per heavy atom. The maximum Gasteiger partial charge on any atom is 0.574 e. The molecule has 2 rings (SSSR count). The molecule has 0 radical (unpaired) electrons. The van der Waals surface area contributed by atoms with Gasteiger partial charge in [0.2, 0.25) is 5.88 Å². The molecule has 7 heteroatoms. The Balaban J connectivity index is 2.41. The molecule has 1 heterocycles. The zero-order chi connectivity index (χ0) is 13.2. The summed E-state index contributed by atoms with van der Waals surface area (Å²) in [4.78, 5) is 7.16. The molecule has 0 amide bonds. The third-order valence-corrected chi connectivity index (χ3v) is 2.30. The van der Waals surface area contributed by atoms with Crippen molar-refractivity contribution in [3.05, 3.63) is 41.8 Å². The molecule has 0 aliphatic heterocycles. The van der Waals surface area contributed by atoms with E-state index in [4.69, 9.17) is 11.6 Å². The highest BCUT2D eigenvalue weighted by molar-refractivity contribution is 6.30. The minimum absolute atomic E-state index is 0.145. The van der Waals surface area contributed by atoms with Crippen molar-refractivity contribution in [1.82, 2.24) is 9.97 Å². The van der Waals surface area contributed by atoms with Gasteiger partial charge in [-0.25, -0.2) is 9.97 Å². The van der Waals surface area contributed by atoms with Crippen molar-refractivity contribution in [3.8, 4) is 17.0 Å². The molecule has 0 aliphatic carbocycles. The lowest BCUT2D eigenvalue weighted by Crippen LogP contribution is -2.18. The van der Waals surface area contributed by atoms with E-state index in [1.807, 2.05) is 0 Å². The summed E-state index contributed by atoms with van der Waals surface area (Å²) in [5, 5.41) is 0.480. The van der Waals surface area contributed by atoms with Crippen molar-refractivity contribution in [2.45, 2.75) is 6.36 Å². The predicted molar refractivity (Wildman–Crippen MR) is 59.2 cm³/mol. The quantitative estimate of drug-likeness (QED) is 0.837. The number of ether oxygens (including phenoxy) is 1. The molecule has 3 nitrogen and oxygen atoms in total. The Morgan fingerprint density at radius 3 is 2.39 bits per heavy atom. The zero-order valence-electron chi connectivity index (χ0n) is 8.78. The Bertz CT molecular complexity index is 543. The van der Waals surface area contributed by atoms with Gasteiger partial charge in [0.25, 0.3) is 0 Å². The number of halogens is 4. The number of benzene rings is 1. The fourth-order valence-electron chi connectivity index (χ4n) is 1.34. The van der Waals surface area contributed by atoms with Crippen LogP contribution in [0.15, 0.2) is 36.8 Å². The summed E-state index contributed by atoms with van der Waals surface area (Å²) >= 11 is 5.70. The largest absolute Gasteiger partial charge is 0.574 e. The Labute approximate surface area is 105 Å². The third-order valence-electron chi connectivity index (χ3n) is 2.04. The van der Waals surface area contributed by atoms with Gasteiger partial charge in [-0.05, 0) is 17.7 Å². The fourth-order valence-corrected chi connectivity index (χ4v) is 1.46. The molecule has 0 saturated heterocycles. The van der Waals surface area contributed by atoms with Gasteiger partial charge in [-0.1, -0.05) is 23.7 Å². The third kappa shape index (κ3) is 3.10. The first-order valence-electron chi connectivity index (χ1n) is 4.77. The number of hydrogen-bond donors (Lipinski definition) is 0. The Hall–Kier alpha value is -1.82. The van der Waals surface area contributed by atoms with E-state index >= 15 is 0 Å². The molecule has 0 atom stereocenters. The van der Waals surface area contributed by atoms with Crippen LogP contribution < -0.4 is 4.74 Å². The lowest BCUT2D eigenvalue weighted by molar-refractivity contribution is -0.275. The molecule has 18 heavy (non-hydrogen) atoms. The van der Waals surface area contributed by atoms with Gasteiger partial charge >= 0.3 is 6.36 Å². The van der Waals surface area contributed by atoms with Crippen LogP contribution in [0.1, 0.15) is 0 Å². The van der Waals surface area contributed by atoms with Crippen molar-refractivity contribution < 1.29 is 17.9 Å². The van der Waals surface area contributed by atoms with Gasteiger partial charge in [0.05, 0.1) is 5.56 Å². The number of hydrogen-bond acceptors (Lipinski definition) is 3. The lowest BCUT2D eigenvalue weighted by Gasteiger charge is -2.11. The summed E-state index contributed by atoms with van der Waals surface area (Å²) in [6.45, 7) is 0. The Kier molecular flexibility index (Phi) is 3.38. The first-order chi connectivity index (χ1) is 8.46. The molecular formula is C11H6ClF3N2O. The number of rotatable bonds is 2. The summed E-state index contributed by atoms with van der Waals surface area (Å²) in [5.74, 6) is -0.542. The van der Waals surface area contributed by atoms with Crippen LogP contribution in [0.4, 0.5) is 13.2 Å². The minimum atomic E-state index is -4.80. The van der Waals surface area contributed by atoms with E-state index in [2.05, 4.69) is 14.7 Å². The molecule has 0 unspecified atom stereocenters. The van der Waals surface area contributed by atoms with Crippen LogP contribution >= 0.6 is 11.6 Å². The highest BCUT2D eigenvalue weighted by Gasteiger charge is 2.33. The van der Waals surface area contributed by atoms with Crippen LogP contribution in [0.25, 0.3) is 11.1 Å². The molecule has 0 N–H and O–H groups in total. The fraction of sp³-hybridized carbons (Fsp3) is 0.0909. The first kappa shape index (κ1) is 12.6. The second-order valence-electron chi connectivity index (χ2n) is 3.30. The average Bonchev–Trinajstić information content (AvgIpc) is 2.29. The molecule has 2 aromatic rings. The molecule has 0 spiro atoms. The van der Waals surface area contributed by atoms with Crippen LogP contribution in [-0.4, -0.2) is 16.3 Å². The summed E-state index contributed by atoms with van der Waals surface area (Å²) in [7, 11) is 0. The SMILES string of the molecule is FC(F)(F)Oc1ncncc1-c1ccc(Cl)cc1. The molecule has 0 bridgehead atoms. The number of aromatic nitrogens is 2. The normalized spacial score (nSPS) is 11.3. The summed E-state index contributed by atoms with van der Waals surface area (Å²) in [6.07, 6.45) is -2.56. The van der Waals surface area contributed by atoms with Crippen LogP contribution in [-0.2, 0) is 0 Å². The summed E-state index contributed by atoms with van der Waals surface area (Å²) in [5.41, 5.74) is 0.630.